The molecule has 2 aromatic heterocycles. The maximum absolute atomic E-state index is 9.47. The Hall–Kier alpha value is -2.64. The second kappa shape index (κ2) is 16.5. The van der Waals surface area contributed by atoms with Crippen LogP contribution in [0.1, 0.15) is 56.3 Å². The number of hydrogen-bond acceptors (Lipinski definition) is 7. The molecule has 0 saturated carbocycles. The van der Waals surface area contributed by atoms with Gasteiger partial charge in [-0.25, -0.2) is 0 Å². The molecule has 0 aliphatic carbocycles. The van der Waals surface area contributed by atoms with Crippen LogP contribution in [0.4, 0.5) is 0 Å². The van der Waals surface area contributed by atoms with Crippen LogP contribution in [0.25, 0.3) is 22.5 Å². The van der Waals surface area contributed by atoms with Crippen LogP contribution >= 0.6 is 46.4 Å². The van der Waals surface area contributed by atoms with Gasteiger partial charge in [0, 0.05) is 35.1 Å². The number of halogens is 4. The number of aryl methyl sites for hydroxylation is 2. The lowest BCUT2D eigenvalue weighted by Crippen LogP contribution is -1.92. The Morgan fingerprint density at radius 3 is 1.41 bits per heavy atom. The van der Waals surface area contributed by atoms with Crippen LogP contribution in [-0.2, 0) is 35.5 Å². The van der Waals surface area contributed by atoms with E-state index in [0.717, 1.165) is 54.7 Å². The molecule has 0 atom stereocenters. The van der Waals surface area contributed by atoms with Crippen LogP contribution in [0, 0.1) is 0 Å². The Labute approximate surface area is 247 Å². The first-order valence-corrected chi connectivity index (χ1v) is 13.7. The molecule has 0 saturated heterocycles. The Balaban J connectivity index is 0.000000249. The van der Waals surface area contributed by atoms with Crippen molar-refractivity contribution >= 4 is 52.6 Å². The van der Waals surface area contributed by atoms with E-state index >= 15 is 0 Å². The van der Waals surface area contributed by atoms with Crippen LogP contribution in [0.15, 0.2) is 45.4 Å². The van der Waals surface area contributed by atoms with Crippen molar-refractivity contribution < 1.29 is 23.7 Å². The van der Waals surface area contributed by atoms with Crippen molar-refractivity contribution in [2.24, 2.45) is 0 Å². The zero-order valence-corrected chi connectivity index (χ0v) is 24.7. The lowest BCUT2D eigenvalue weighted by atomic mass is 10.0. The minimum atomic E-state index is -0.143. The van der Waals surface area contributed by atoms with Crippen molar-refractivity contribution in [1.29, 1.82) is 0 Å². The van der Waals surface area contributed by atoms with Gasteiger partial charge in [-0.05, 0) is 43.5 Å². The molecule has 0 bridgehead atoms. The van der Waals surface area contributed by atoms with E-state index in [9.17, 15) is 5.11 Å². The van der Waals surface area contributed by atoms with E-state index in [1.54, 1.807) is 18.2 Å². The van der Waals surface area contributed by atoms with Crippen LogP contribution in [0.2, 0.25) is 20.1 Å². The molecule has 0 amide bonds. The fraction of sp³-hybridized carbons (Fsp3) is 0.321. The van der Waals surface area contributed by atoms with E-state index in [1.807, 2.05) is 25.1 Å². The van der Waals surface area contributed by atoms with Crippen molar-refractivity contribution in [1.82, 2.24) is 10.3 Å². The van der Waals surface area contributed by atoms with Crippen LogP contribution in [0.3, 0.4) is 0 Å². The van der Waals surface area contributed by atoms with E-state index < -0.39 is 0 Å². The Bertz CT molecular complexity index is 1250. The SMILES string of the molecule is CCCc1onc(-c2c(Cl)cccc2Cl)c1CC.CCCc1onc(-c2c(Cl)cccc2Cl)c1CO.O=C=O. The largest absolute Gasteiger partial charge is 0.391 e. The van der Waals surface area contributed by atoms with Gasteiger partial charge in [0.25, 0.3) is 0 Å². The first-order valence-electron chi connectivity index (χ1n) is 12.2. The average Bonchev–Trinajstić information content (AvgIpc) is 3.49. The molecule has 0 aliphatic rings. The summed E-state index contributed by atoms with van der Waals surface area (Å²) in [5.41, 5.74) is 4.44. The predicted octanol–water partition coefficient (Wildman–Crippen LogP) is 8.67. The second-order valence-electron chi connectivity index (χ2n) is 8.15. The Morgan fingerprint density at radius 2 is 1.08 bits per heavy atom. The second-order valence-corrected chi connectivity index (χ2v) is 9.78. The molecule has 0 radical (unpaired) electrons. The third kappa shape index (κ3) is 8.18. The van der Waals surface area contributed by atoms with Crippen molar-refractivity contribution in [2.45, 2.75) is 59.5 Å². The topological polar surface area (TPSA) is 106 Å². The number of rotatable bonds is 8. The predicted molar refractivity (Wildman–Crippen MR) is 152 cm³/mol. The molecule has 39 heavy (non-hydrogen) atoms. The van der Waals surface area contributed by atoms with Crippen molar-refractivity contribution in [2.75, 3.05) is 0 Å². The number of aliphatic hydroxyl groups is 1. The standard InChI is InChI=1S/C14H15Cl2NO.C13H13Cl2NO2.CO2/c1-3-6-12-9(4-2)14(17-18-12)13-10(15)7-5-8-11(13)16;1-2-4-11-8(7-17)13(16-18-11)12-9(14)5-3-6-10(12)15;2-1-3/h5,7-8H,3-4,6H2,1-2H3;3,5-6,17H,2,4,7H2,1H3;. The van der Waals surface area contributed by atoms with Gasteiger partial charge in [0.1, 0.15) is 22.9 Å². The van der Waals surface area contributed by atoms with Crippen LogP contribution in [0.5, 0.6) is 0 Å². The average molecular weight is 614 g/mol. The number of aliphatic hydroxyl groups excluding tert-OH is 1. The van der Waals surface area contributed by atoms with Gasteiger partial charge in [0.05, 0.1) is 26.7 Å². The van der Waals surface area contributed by atoms with Gasteiger partial charge in [-0.2, -0.15) is 9.59 Å². The number of benzene rings is 2. The lowest BCUT2D eigenvalue weighted by molar-refractivity contribution is -0.191. The van der Waals surface area contributed by atoms with Gasteiger partial charge in [0.15, 0.2) is 0 Å². The molecule has 1 N–H and O–H groups in total. The molecule has 208 valence electrons. The summed E-state index contributed by atoms with van der Waals surface area (Å²) in [5.74, 6) is 1.62. The summed E-state index contributed by atoms with van der Waals surface area (Å²) in [4.78, 5) is 16.2. The Morgan fingerprint density at radius 1 is 0.718 bits per heavy atom. The molecule has 0 aliphatic heterocycles. The quantitative estimate of drug-likeness (QED) is 0.212. The molecule has 4 aromatic rings. The van der Waals surface area contributed by atoms with Crippen LogP contribution in [-0.4, -0.2) is 21.6 Å². The monoisotopic (exact) mass is 612 g/mol. The summed E-state index contributed by atoms with van der Waals surface area (Å²) in [7, 11) is 0. The van der Waals surface area contributed by atoms with Gasteiger partial charge in [-0.3, -0.25) is 0 Å². The van der Waals surface area contributed by atoms with Gasteiger partial charge >= 0.3 is 6.15 Å². The van der Waals surface area contributed by atoms with Crippen molar-refractivity contribution in [3.8, 4) is 22.5 Å². The summed E-state index contributed by atoms with van der Waals surface area (Å²) in [6.45, 7) is 6.09. The maximum Gasteiger partial charge on any atom is 0.373 e. The maximum atomic E-state index is 9.47. The normalized spacial score (nSPS) is 10.3. The van der Waals surface area contributed by atoms with E-state index in [2.05, 4.69) is 24.2 Å². The van der Waals surface area contributed by atoms with Crippen molar-refractivity contribution in [3.05, 3.63) is 79.1 Å². The molecule has 4 rings (SSSR count). The molecule has 0 spiro atoms. The number of hydrogen-bond donors (Lipinski definition) is 1. The van der Waals surface area contributed by atoms with E-state index in [0.29, 0.717) is 42.7 Å². The number of aromatic nitrogens is 2. The summed E-state index contributed by atoms with van der Waals surface area (Å²) >= 11 is 24.7. The third-order valence-electron chi connectivity index (χ3n) is 5.60. The molecular weight excluding hydrogens is 586 g/mol. The summed E-state index contributed by atoms with van der Waals surface area (Å²) < 4.78 is 10.7. The molecule has 11 heteroatoms. The number of nitrogens with zero attached hydrogens (tertiary/aromatic N) is 2. The smallest absolute Gasteiger partial charge is 0.373 e. The highest BCUT2D eigenvalue weighted by molar-refractivity contribution is 6.39. The third-order valence-corrected chi connectivity index (χ3v) is 6.86. The highest BCUT2D eigenvalue weighted by Gasteiger charge is 2.21. The zero-order chi connectivity index (χ0) is 28.9. The lowest BCUT2D eigenvalue weighted by Gasteiger charge is -2.05. The zero-order valence-electron chi connectivity index (χ0n) is 21.7. The van der Waals surface area contributed by atoms with E-state index in [4.69, 9.17) is 65.0 Å². The summed E-state index contributed by atoms with van der Waals surface area (Å²) in [5, 5.41) is 19.8. The first kappa shape index (κ1) is 32.6. The van der Waals surface area contributed by atoms with Gasteiger partial charge in [0.2, 0.25) is 0 Å². The van der Waals surface area contributed by atoms with Gasteiger partial charge in [-0.1, -0.05) is 89.6 Å². The van der Waals surface area contributed by atoms with Crippen molar-refractivity contribution in [3.63, 3.8) is 0 Å². The molecular formula is C28H28Cl4N2O5. The molecule has 0 unspecified atom stereocenters. The minimum Gasteiger partial charge on any atom is -0.391 e. The highest BCUT2D eigenvalue weighted by atomic mass is 35.5. The molecule has 2 heterocycles. The van der Waals surface area contributed by atoms with Crippen LogP contribution < -0.4 is 0 Å². The first-order chi connectivity index (χ1) is 18.8. The van der Waals surface area contributed by atoms with Gasteiger partial charge in [-0.15, -0.1) is 0 Å². The number of carbonyl (C=O) groups excluding carboxylic acids is 2. The van der Waals surface area contributed by atoms with E-state index in [-0.39, 0.29) is 12.8 Å². The minimum absolute atomic E-state index is 0.143. The summed E-state index contributed by atoms with van der Waals surface area (Å²) in [6, 6.07) is 10.7. The fourth-order valence-electron chi connectivity index (χ4n) is 3.90. The molecule has 2 aromatic carbocycles. The van der Waals surface area contributed by atoms with E-state index in [1.165, 1.54) is 0 Å². The molecule has 7 nitrogen and oxygen atoms in total. The molecule has 0 fully saturated rings. The fourth-order valence-corrected chi connectivity index (χ4v) is 5.05. The van der Waals surface area contributed by atoms with Gasteiger partial charge < -0.3 is 14.2 Å². The highest BCUT2D eigenvalue weighted by Crippen LogP contribution is 2.38. The summed E-state index contributed by atoms with van der Waals surface area (Å²) in [6.07, 6.45) is 4.66. The Kier molecular flexibility index (Phi) is 13.7.